The van der Waals surface area contributed by atoms with Gasteiger partial charge in [0.05, 0.1) is 0 Å². The number of halogens is 2. The average molecular weight is 287 g/mol. The number of rotatable bonds is 4. The predicted molar refractivity (Wildman–Crippen MR) is 81.1 cm³/mol. The minimum Gasteiger partial charge on any atom is -0.310 e. The van der Waals surface area contributed by atoms with Crippen LogP contribution in [0, 0.1) is 25.5 Å². The molecule has 1 fully saturated rings. The second-order valence-electron chi connectivity index (χ2n) is 5.90. The third kappa shape index (κ3) is 3.13. The molecule has 110 valence electrons. The van der Waals surface area contributed by atoms with Gasteiger partial charge in [0.2, 0.25) is 0 Å². The molecule has 2 aromatic rings. The lowest BCUT2D eigenvalue weighted by Gasteiger charge is -2.11. The summed E-state index contributed by atoms with van der Waals surface area (Å²) in [5.41, 5.74) is 3.42. The van der Waals surface area contributed by atoms with Crippen molar-refractivity contribution in [1.29, 1.82) is 0 Å². The van der Waals surface area contributed by atoms with Crippen LogP contribution in [0.15, 0.2) is 30.3 Å². The van der Waals surface area contributed by atoms with E-state index in [4.69, 9.17) is 0 Å². The van der Waals surface area contributed by atoms with E-state index in [1.165, 1.54) is 25.0 Å². The van der Waals surface area contributed by atoms with Gasteiger partial charge in [-0.25, -0.2) is 8.78 Å². The van der Waals surface area contributed by atoms with Gasteiger partial charge in [0.15, 0.2) is 0 Å². The van der Waals surface area contributed by atoms with Crippen molar-refractivity contribution in [2.24, 2.45) is 0 Å². The minimum absolute atomic E-state index is 0.278. The number of hydrogen-bond donors (Lipinski definition) is 1. The Balaban J connectivity index is 1.90. The van der Waals surface area contributed by atoms with E-state index in [1.54, 1.807) is 12.1 Å². The third-order valence-corrected chi connectivity index (χ3v) is 3.93. The molecule has 0 radical (unpaired) electrons. The summed E-state index contributed by atoms with van der Waals surface area (Å²) in [6.07, 6.45) is 2.35. The van der Waals surface area contributed by atoms with Crippen molar-refractivity contribution < 1.29 is 8.78 Å². The largest absolute Gasteiger partial charge is 0.310 e. The summed E-state index contributed by atoms with van der Waals surface area (Å²) in [5.74, 6) is -0.573. The van der Waals surface area contributed by atoms with E-state index >= 15 is 0 Å². The van der Waals surface area contributed by atoms with Gasteiger partial charge in [0, 0.05) is 23.7 Å². The average Bonchev–Trinajstić information content (AvgIpc) is 3.20. The van der Waals surface area contributed by atoms with Crippen LogP contribution >= 0.6 is 0 Å². The molecule has 0 unspecified atom stereocenters. The lowest BCUT2D eigenvalue weighted by atomic mass is 9.97. The number of nitrogens with one attached hydrogen (secondary N) is 1. The van der Waals surface area contributed by atoms with Gasteiger partial charge in [0.1, 0.15) is 11.6 Å². The fourth-order valence-electron chi connectivity index (χ4n) is 2.67. The summed E-state index contributed by atoms with van der Waals surface area (Å²) in [4.78, 5) is 0. The Bertz CT molecular complexity index is 652. The Morgan fingerprint density at radius 3 is 2.43 bits per heavy atom. The fourth-order valence-corrected chi connectivity index (χ4v) is 2.67. The SMILES string of the molecule is Cc1cc(C)c(-c2ccc(CNC3CC3)c(F)c2)c(F)c1. The molecule has 0 heterocycles. The standard InChI is InChI=1S/C18H19F2N/c1-11-7-12(2)18(17(20)8-11)13-3-4-14(16(19)9-13)10-21-15-5-6-15/h3-4,7-9,15,21H,5-6,10H2,1-2H3. The van der Waals surface area contributed by atoms with Crippen LogP contribution in [0.3, 0.4) is 0 Å². The molecule has 1 saturated carbocycles. The highest BCUT2D eigenvalue weighted by atomic mass is 19.1. The van der Waals surface area contributed by atoms with Gasteiger partial charge in [-0.3, -0.25) is 0 Å². The summed E-state index contributed by atoms with van der Waals surface area (Å²) in [7, 11) is 0. The van der Waals surface area contributed by atoms with Crippen LogP contribution in [0.5, 0.6) is 0 Å². The van der Waals surface area contributed by atoms with Crippen molar-refractivity contribution in [3.8, 4) is 11.1 Å². The van der Waals surface area contributed by atoms with Crippen molar-refractivity contribution in [1.82, 2.24) is 5.32 Å². The Labute approximate surface area is 124 Å². The second-order valence-corrected chi connectivity index (χ2v) is 5.90. The molecular formula is C18H19F2N. The molecular weight excluding hydrogens is 268 g/mol. The Hall–Kier alpha value is -1.74. The highest BCUT2D eigenvalue weighted by Gasteiger charge is 2.20. The van der Waals surface area contributed by atoms with Crippen molar-refractivity contribution in [2.75, 3.05) is 0 Å². The molecule has 1 N–H and O–H groups in total. The lowest BCUT2D eigenvalue weighted by Crippen LogP contribution is -2.16. The molecule has 0 amide bonds. The first-order valence-electron chi connectivity index (χ1n) is 7.33. The van der Waals surface area contributed by atoms with Gasteiger partial charge in [0.25, 0.3) is 0 Å². The molecule has 0 aliphatic heterocycles. The number of hydrogen-bond acceptors (Lipinski definition) is 1. The molecule has 0 bridgehead atoms. The van der Waals surface area contributed by atoms with Crippen LogP contribution in [0.2, 0.25) is 0 Å². The zero-order chi connectivity index (χ0) is 15.0. The maximum absolute atomic E-state index is 14.2. The molecule has 0 spiro atoms. The zero-order valence-corrected chi connectivity index (χ0v) is 12.3. The first-order chi connectivity index (χ1) is 10.0. The summed E-state index contributed by atoms with van der Waals surface area (Å²) < 4.78 is 28.3. The molecule has 0 aromatic heterocycles. The molecule has 1 aliphatic carbocycles. The van der Waals surface area contributed by atoms with Gasteiger partial charge in [-0.2, -0.15) is 0 Å². The van der Waals surface area contributed by atoms with Gasteiger partial charge < -0.3 is 5.32 Å². The van der Waals surface area contributed by atoms with Crippen molar-refractivity contribution in [3.05, 3.63) is 58.7 Å². The van der Waals surface area contributed by atoms with Gasteiger partial charge in [-0.05, 0) is 55.5 Å². The van der Waals surface area contributed by atoms with Crippen LogP contribution in [0.25, 0.3) is 11.1 Å². The topological polar surface area (TPSA) is 12.0 Å². The molecule has 3 rings (SSSR count). The summed E-state index contributed by atoms with van der Waals surface area (Å²) in [6.45, 7) is 4.24. The van der Waals surface area contributed by atoms with E-state index in [0.29, 0.717) is 29.3 Å². The van der Waals surface area contributed by atoms with E-state index in [-0.39, 0.29) is 11.6 Å². The fraction of sp³-hybridized carbons (Fsp3) is 0.333. The van der Waals surface area contributed by atoms with E-state index < -0.39 is 0 Å². The van der Waals surface area contributed by atoms with Gasteiger partial charge in [-0.15, -0.1) is 0 Å². The van der Waals surface area contributed by atoms with E-state index in [2.05, 4.69) is 5.32 Å². The first kappa shape index (κ1) is 14.2. The Morgan fingerprint density at radius 1 is 1.05 bits per heavy atom. The minimum atomic E-state index is -0.296. The smallest absolute Gasteiger partial charge is 0.131 e. The lowest BCUT2D eigenvalue weighted by molar-refractivity contribution is 0.587. The van der Waals surface area contributed by atoms with Crippen molar-refractivity contribution in [3.63, 3.8) is 0 Å². The molecule has 1 aliphatic rings. The van der Waals surface area contributed by atoms with E-state index in [0.717, 1.165) is 11.1 Å². The van der Waals surface area contributed by atoms with E-state index in [9.17, 15) is 8.78 Å². The highest BCUT2D eigenvalue weighted by molar-refractivity contribution is 5.68. The quantitative estimate of drug-likeness (QED) is 0.873. The second kappa shape index (κ2) is 5.57. The number of aryl methyl sites for hydroxylation is 2. The summed E-state index contributed by atoms with van der Waals surface area (Å²) in [5, 5.41) is 3.29. The van der Waals surface area contributed by atoms with E-state index in [1.807, 2.05) is 19.9 Å². The van der Waals surface area contributed by atoms with Crippen LogP contribution in [-0.2, 0) is 6.54 Å². The Kier molecular flexibility index (Phi) is 3.77. The van der Waals surface area contributed by atoms with Crippen LogP contribution in [-0.4, -0.2) is 6.04 Å². The van der Waals surface area contributed by atoms with Crippen molar-refractivity contribution in [2.45, 2.75) is 39.3 Å². The highest BCUT2D eigenvalue weighted by Crippen LogP contribution is 2.29. The summed E-state index contributed by atoms with van der Waals surface area (Å²) >= 11 is 0. The molecule has 0 atom stereocenters. The monoisotopic (exact) mass is 287 g/mol. The zero-order valence-electron chi connectivity index (χ0n) is 12.3. The molecule has 1 nitrogen and oxygen atoms in total. The van der Waals surface area contributed by atoms with Crippen LogP contribution in [0.4, 0.5) is 8.78 Å². The maximum atomic E-state index is 14.2. The molecule has 2 aromatic carbocycles. The maximum Gasteiger partial charge on any atom is 0.131 e. The van der Waals surface area contributed by atoms with Crippen LogP contribution < -0.4 is 5.32 Å². The van der Waals surface area contributed by atoms with Gasteiger partial charge >= 0.3 is 0 Å². The molecule has 3 heteroatoms. The molecule has 21 heavy (non-hydrogen) atoms. The Morgan fingerprint density at radius 2 is 1.81 bits per heavy atom. The summed E-state index contributed by atoms with van der Waals surface area (Å²) in [6, 6.07) is 8.93. The first-order valence-corrected chi connectivity index (χ1v) is 7.33. The van der Waals surface area contributed by atoms with Crippen LogP contribution in [0.1, 0.15) is 29.5 Å². The third-order valence-electron chi connectivity index (χ3n) is 3.93. The molecule has 0 saturated heterocycles. The predicted octanol–water partition coefficient (Wildman–Crippen LogP) is 4.50. The van der Waals surface area contributed by atoms with Crippen molar-refractivity contribution >= 4 is 0 Å². The normalized spacial score (nSPS) is 14.5. The number of benzene rings is 2. The van der Waals surface area contributed by atoms with Gasteiger partial charge in [-0.1, -0.05) is 18.2 Å².